The van der Waals surface area contributed by atoms with Crippen LogP contribution in [-0.2, 0) is 19.1 Å². The van der Waals surface area contributed by atoms with Crippen molar-refractivity contribution in [2.24, 2.45) is 5.41 Å². The Morgan fingerprint density at radius 3 is 1.61 bits per heavy atom. The van der Waals surface area contributed by atoms with Gasteiger partial charge in [-0.25, -0.2) is 9.59 Å². The number of carbonyl (C=O) groups is 2. The molecule has 1 aliphatic carbocycles. The summed E-state index contributed by atoms with van der Waals surface area (Å²) < 4.78 is 10.3. The summed E-state index contributed by atoms with van der Waals surface area (Å²) in [5.74, 6) is -0.792. The monoisotopic (exact) mass is 252 g/mol. The zero-order chi connectivity index (χ0) is 13.8. The Balaban J connectivity index is 2.43. The molecule has 1 rings (SSSR count). The van der Waals surface area contributed by atoms with Crippen molar-refractivity contribution < 1.29 is 19.1 Å². The lowest BCUT2D eigenvalue weighted by atomic mass is 9.70. The molecule has 1 saturated carbocycles. The molecule has 4 nitrogen and oxygen atoms in total. The van der Waals surface area contributed by atoms with Crippen molar-refractivity contribution in [3.05, 3.63) is 24.3 Å². The highest BCUT2D eigenvalue weighted by molar-refractivity contribution is 5.87. The maximum atomic E-state index is 11.3. The van der Waals surface area contributed by atoms with Crippen molar-refractivity contribution >= 4 is 11.9 Å². The average molecular weight is 252 g/mol. The summed E-state index contributed by atoms with van der Waals surface area (Å²) in [4.78, 5) is 22.7. The third-order valence-electron chi connectivity index (χ3n) is 3.13. The number of rotatable bonds is 6. The second-order valence-corrected chi connectivity index (χ2v) is 5.07. The van der Waals surface area contributed by atoms with Gasteiger partial charge < -0.3 is 9.47 Å². The zero-order valence-corrected chi connectivity index (χ0v) is 11.1. The van der Waals surface area contributed by atoms with Crippen LogP contribution in [0.15, 0.2) is 24.3 Å². The van der Waals surface area contributed by atoms with Crippen molar-refractivity contribution in [1.29, 1.82) is 0 Å². The SMILES string of the molecule is C=C(C)C(=O)OCC1(COC(=O)C(=C)C)CCC1. The number of esters is 2. The lowest BCUT2D eigenvalue weighted by Gasteiger charge is -2.40. The van der Waals surface area contributed by atoms with E-state index < -0.39 is 11.9 Å². The third kappa shape index (κ3) is 3.72. The van der Waals surface area contributed by atoms with Gasteiger partial charge in [0.2, 0.25) is 0 Å². The lowest BCUT2D eigenvalue weighted by Crippen LogP contribution is -2.40. The minimum atomic E-state index is -0.396. The van der Waals surface area contributed by atoms with Crippen LogP contribution in [0, 0.1) is 5.41 Å². The smallest absolute Gasteiger partial charge is 0.333 e. The molecule has 0 aromatic rings. The second kappa shape index (κ2) is 5.85. The van der Waals surface area contributed by atoms with E-state index in [1.165, 1.54) is 0 Å². The number of ether oxygens (including phenoxy) is 2. The largest absolute Gasteiger partial charge is 0.462 e. The first-order chi connectivity index (χ1) is 8.36. The van der Waals surface area contributed by atoms with Gasteiger partial charge in [-0.05, 0) is 26.7 Å². The van der Waals surface area contributed by atoms with E-state index in [1.54, 1.807) is 13.8 Å². The molecule has 0 N–H and O–H groups in total. The predicted octanol–water partition coefficient (Wildman–Crippen LogP) is 2.40. The fraction of sp³-hybridized carbons (Fsp3) is 0.571. The zero-order valence-electron chi connectivity index (χ0n) is 11.1. The minimum Gasteiger partial charge on any atom is -0.462 e. The van der Waals surface area contributed by atoms with Gasteiger partial charge in [-0.2, -0.15) is 0 Å². The van der Waals surface area contributed by atoms with E-state index in [1.807, 2.05) is 0 Å². The average Bonchev–Trinajstić information content (AvgIpc) is 2.25. The highest BCUT2D eigenvalue weighted by Crippen LogP contribution is 2.41. The van der Waals surface area contributed by atoms with Crippen LogP contribution in [0.4, 0.5) is 0 Å². The van der Waals surface area contributed by atoms with Gasteiger partial charge in [0.15, 0.2) is 0 Å². The normalized spacial score (nSPS) is 16.3. The van der Waals surface area contributed by atoms with Crippen molar-refractivity contribution in [1.82, 2.24) is 0 Å². The van der Waals surface area contributed by atoms with Gasteiger partial charge in [0.25, 0.3) is 0 Å². The van der Waals surface area contributed by atoms with Crippen molar-refractivity contribution in [3.63, 3.8) is 0 Å². The van der Waals surface area contributed by atoms with E-state index in [0.29, 0.717) is 11.1 Å². The molecule has 0 bridgehead atoms. The second-order valence-electron chi connectivity index (χ2n) is 5.07. The topological polar surface area (TPSA) is 52.6 Å². The van der Waals surface area contributed by atoms with Gasteiger partial charge in [0.1, 0.15) is 13.2 Å². The van der Waals surface area contributed by atoms with E-state index in [2.05, 4.69) is 13.2 Å². The van der Waals surface area contributed by atoms with E-state index in [4.69, 9.17) is 9.47 Å². The van der Waals surface area contributed by atoms with E-state index in [9.17, 15) is 9.59 Å². The number of hydrogen-bond donors (Lipinski definition) is 0. The first-order valence-electron chi connectivity index (χ1n) is 6.02. The number of hydrogen-bond acceptors (Lipinski definition) is 4. The summed E-state index contributed by atoms with van der Waals surface area (Å²) in [5.41, 5.74) is 0.544. The fourth-order valence-corrected chi connectivity index (χ4v) is 1.69. The molecule has 0 heterocycles. The molecule has 0 aromatic carbocycles. The molecule has 18 heavy (non-hydrogen) atoms. The molecule has 1 aliphatic rings. The molecule has 100 valence electrons. The standard InChI is InChI=1S/C14H20O4/c1-10(2)12(15)17-8-14(6-5-7-14)9-18-13(16)11(3)4/h1,3,5-9H2,2,4H3. The van der Waals surface area contributed by atoms with Gasteiger partial charge in [0, 0.05) is 16.6 Å². The molecule has 0 atom stereocenters. The maximum Gasteiger partial charge on any atom is 0.333 e. The van der Waals surface area contributed by atoms with E-state index in [-0.39, 0.29) is 18.6 Å². The summed E-state index contributed by atoms with van der Waals surface area (Å²) in [6.07, 6.45) is 2.87. The van der Waals surface area contributed by atoms with Crippen molar-refractivity contribution in [3.8, 4) is 0 Å². The molecule has 4 heteroatoms. The van der Waals surface area contributed by atoms with Crippen LogP contribution in [0.1, 0.15) is 33.1 Å². The van der Waals surface area contributed by atoms with Gasteiger partial charge in [-0.3, -0.25) is 0 Å². The lowest BCUT2D eigenvalue weighted by molar-refractivity contribution is -0.154. The van der Waals surface area contributed by atoms with Gasteiger partial charge in [-0.15, -0.1) is 0 Å². The molecular weight excluding hydrogens is 232 g/mol. The molecule has 0 spiro atoms. The Morgan fingerprint density at radius 1 is 1.00 bits per heavy atom. The van der Waals surface area contributed by atoms with Gasteiger partial charge >= 0.3 is 11.9 Å². The van der Waals surface area contributed by atoms with E-state index in [0.717, 1.165) is 19.3 Å². The molecular formula is C14H20O4. The quantitative estimate of drug-likeness (QED) is 0.538. The molecule has 1 fully saturated rings. The van der Waals surface area contributed by atoms with Crippen LogP contribution in [-0.4, -0.2) is 25.2 Å². The fourth-order valence-electron chi connectivity index (χ4n) is 1.69. The molecule has 0 amide bonds. The van der Waals surface area contributed by atoms with Gasteiger partial charge in [0.05, 0.1) is 0 Å². The van der Waals surface area contributed by atoms with Crippen LogP contribution in [0.2, 0.25) is 0 Å². The Labute approximate surface area is 108 Å². The third-order valence-corrected chi connectivity index (χ3v) is 3.13. The van der Waals surface area contributed by atoms with Crippen LogP contribution in [0.25, 0.3) is 0 Å². The summed E-state index contributed by atoms with van der Waals surface area (Å²) >= 11 is 0. The summed E-state index contributed by atoms with van der Waals surface area (Å²) in [5, 5.41) is 0. The van der Waals surface area contributed by atoms with Crippen LogP contribution in [0.3, 0.4) is 0 Å². The summed E-state index contributed by atoms with van der Waals surface area (Å²) in [6, 6.07) is 0. The molecule has 0 aromatic heterocycles. The van der Waals surface area contributed by atoms with Crippen LogP contribution >= 0.6 is 0 Å². The Morgan fingerprint density at radius 2 is 1.39 bits per heavy atom. The molecule has 0 saturated heterocycles. The van der Waals surface area contributed by atoms with E-state index >= 15 is 0 Å². The number of carbonyl (C=O) groups excluding carboxylic acids is 2. The summed E-state index contributed by atoms with van der Waals surface area (Å²) in [6.45, 7) is 10.8. The maximum absolute atomic E-state index is 11.3. The first-order valence-corrected chi connectivity index (χ1v) is 6.02. The highest BCUT2D eigenvalue weighted by atomic mass is 16.5. The highest BCUT2D eigenvalue weighted by Gasteiger charge is 2.39. The first kappa shape index (κ1) is 14.5. The summed E-state index contributed by atoms with van der Waals surface area (Å²) in [7, 11) is 0. The Bertz CT molecular complexity index is 345. The Kier molecular flexibility index (Phi) is 4.70. The minimum absolute atomic E-state index is 0.212. The van der Waals surface area contributed by atoms with Crippen molar-refractivity contribution in [2.45, 2.75) is 33.1 Å². The molecule has 0 aliphatic heterocycles. The Hall–Kier alpha value is -1.58. The van der Waals surface area contributed by atoms with Crippen LogP contribution < -0.4 is 0 Å². The van der Waals surface area contributed by atoms with Crippen molar-refractivity contribution in [2.75, 3.05) is 13.2 Å². The predicted molar refractivity (Wildman–Crippen MR) is 67.8 cm³/mol. The molecule has 0 radical (unpaired) electrons. The van der Waals surface area contributed by atoms with Crippen LogP contribution in [0.5, 0.6) is 0 Å². The molecule has 0 unspecified atom stereocenters. The van der Waals surface area contributed by atoms with Gasteiger partial charge in [-0.1, -0.05) is 19.6 Å².